The molecule has 0 saturated carbocycles. The molecule has 0 fully saturated rings. The second kappa shape index (κ2) is 9.13. The fourth-order valence-corrected chi connectivity index (χ4v) is 3.00. The molecule has 1 amide bonds. The highest BCUT2D eigenvalue weighted by Crippen LogP contribution is 2.24. The SMILES string of the molecule is Cc1ccc(C)n1NC(=O)/C(C#N)=C\c1ccccc1OCc1ccccc1Cl. The fourth-order valence-electron chi connectivity index (χ4n) is 2.81. The van der Waals surface area contributed by atoms with E-state index in [0.717, 1.165) is 17.0 Å². The van der Waals surface area contributed by atoms with Gasteiger partial charge in [-0.05, 0) is 44.2 Å². The predicted molar refractivity (Wildman–Crippen MR) is 114 cm³/mol. The van der Waals surface area contributed by atoms with E-state index >= 15 is 0 Å². The van der Waals surface area contributed by atoms with Gasteiger partial charge in [-0.25, -0.2) is 0 Å². The maximum Gasteiger partial charge on any atom is 0.280 e. The Hall–Kier alpha value is -3.49. The van der Waals surface area contributed by atoms with E-state index in [2.05, 4.69) is 5.43 Å². The van der Waals surface area contributed by atoms with Crippen molar-refractivity contribution in [3.63, 3.8) is 0 Å². The third-order valence-electron chi connectivity index (χ3n) is 4.41. The number of amides is 1. The molecule has 3 aromatic rings. The number of nitrogens with zero attached hydrogens (tertiary/aromatic N) is 2. The molecule has 1 aromatic heterocycles. The summed E-state index contributed by atoms with van der Waals surface area (Å²) in [4.78, 5) is 12.6. The number of carbonyl (C=O) groups is 1. The number of hydrogen-bond acceptors (Lipinski definition) is 3. The summed E-state index contributed by atoms with van der Waals surface area (Å²) in [6.45, 7) is 4.03. The molecule has 1 N–H and O–H groups in total. The maximum absolute atomic E-state index is 12.6. The summed E-state index contributed by atoms with van der Waals surface area (Å²) >= 11 is 6.18. The summed E-state index contributed by atoms with van der Waals surface area (Å²) in [5.74, 6) is 0.0668. The molecule has 0 radical (unpaired) electrons. The molecule has 6 heteroatoms. The van der Waals surface area contributed by atoms with E-state index in [-0.39, 0.29) is 12.2 Å². The van der Waals surface area contributed by atoms with Gasteiger partial charge < -0.3 is 4.74 Å². The van der Waals surface area contributed by atoms with Crippen molar-refractivity contribution in [2.75, 3.05) is 5.43 Å². The molecule has 5 nitrogen and oxygen atoms in total. The van der Waals surface area contributed by atoms with E-state index < -0.39 is 5.91 Å². The largest absolute Gasteiger partial charge is 0.488 e. The minimum Gasteiger partial charge on any atom is -0.488 e. The van der Waals surface area contributed by atoms with Crippen LogP contribution in [0.15, 0.2) is 66.2 Å². The van der Waals surface area contributed by atoms with Crippen LogP contribution < -0.4 is 10.2 Å². The van der Waals surface area contributed by atoms with Crippen molar-refractivity contribution in [1.82, 2.24) is 4.68 Å². The maximum atomic E-state index is 12.6. The van der Waals surface area contributed by atoms with Gasteiger partial charge in [0.2, 0.25) is 0 Å². The minimum atomic E-state index is -0.490. The molecule has 2 aromatic carbocycles. The van der Waals surface area contributed by atoms with Crippen molar-refractivity contribution in [3.8, 4) is 11.8 Å². The van der Waals surface area contributed by atoms with E-state index in [9.17, 15) is 10.1 Å². The second-order valence-corrected chi connectivity index (χ2v) is 6.89. The lowest BCUT2D eigenvalue weighted by Gasteiger charge is -2.12. The molecule has 146 valence electrons. The number of benzene rings is 2. The zero-order valence-corrected chi connectivity index (χ0v) is 16.9. The topological polar surface area (TPSA) is 67.0 Å². The van der Waals surface area contributed by atoms with Crippen molar-refractivity contribution < 1.29 is 9.53 Å². The Labute approximate surface area is 174 Å². The zero-order chi connectivity index (χ0) is 20.8. The van der Waals surface area contributed by atoms with Gasteiger partial charge in [0.15, 0.2) is 0 Å². The van der Waals surface area contributed by atoms with Crippen LogP contribution in [0.1, 0.15) is 22.5 Å². The third kappa shape index (κ3) is 4.87. The van der Waals surface area contributed by atoms with Crippen LogP contribution in [0.4, 0.5) is 0 Å². The number of nitriles is 1. The Morgan fingerprint density at radius 2 is 1.76 bits per heavy atom. The number of nitrogens with one attached hydrogen (secondary N) is 1. The van der Waals surface area contributed by atoms with Gasteiger partial charge in [0.05, 0.1) is 0 Å². The lowest BCUT2D eigenvalue weighted by molar-refractivity contribution is -0.113. The number of para-hydroxylation sites is 1. The lowest BCUT2D eigenvalue weighted by Crippen LogP contribution is -2.25. The Kier molecular flexibility index (Phi) is 6.38. The predicted octanol–water partition coefficient (Wildman–Crippen LogP) is 5.01. The van der Waals surface area contributed by atoms with Crippen LogP contribution >= 0.6 is 11.6 Å². The average molecular weight is 406 g/mol. The van der Waals surface area contributed by atoms with Crippen LogP contribution in [0.3, 0.4) is 0 Å². The summed E-state index contributed by atoms with van der Waals surface area (Å²) < 4.78 is 7.54. The standard InChI is InChI=1S/C23H20ClN3O2/c1-16-11-12-17(2)27(16)26-23(28)20(14-25)13-18-7-4-6-10-22(18)29-15-19-8-3-5-9-21(19)24/h3-13H,15H2,1-2H3,(H,26,28)/b20-13-. The molecule has 29 heavy (non-hydrogen) atoms. The normalized spacial score (nSPS) is 11.0. The van der Waals surface area contributed by atoms with Gasteiger partial charge in [0, 0.05) is 27.5 Å². The Morgan fingerprint density at radius 3 is 2.45 bits per heavy atom. The molecule has 0 saturated heterocycles. The number of hydrogen-bond donors (Lipinski definition) is 1. The number of aromatic nitrogens is 1. The average Bonchev–Trinajstić information content (AvgIpc) is 3.04. The summed E-state index contributed by atoms with van der Waals surface area (Å²) in [6, 6.07) is 20.4. The van der Waals surface area contributed by atoms with E-state index in [1.807, 2.05) is 62.4 Å². The van der Waals surface area contributed by atoms with Crippen LogP contribution in [-0.4, -0.2) is 10.6 Å². The van der Waals surface area contributed by atoms with Gasteiger partial charge in [-0.2, -0.15) is 5.26 Å². The molecule has 1 heterocycles. The highest BCUT2D eigenvalue weighted by Gasteiger charge is 2.13. The van der Waals surface area contributed by atoms with Crippen LogP contribution in [0.5, 0.6) is 5.75 Å². The summed E-state index contributed by atoms with van der Waals surface area (Å²) in [6.07, 6.45) is 1.52. The fraction of sp³-hybridized carbons (Fsp3) is 0.130. The van der Waals surface area contributed by atoms with E-state index in [4.69, 9.17) is 16.3 Å². The number of carbonyl (C=O) groups excluding carboxylic acids is 1. The summed E-state index contributed by atoms with van der Waals surface area (Å²) in [5, 5.41) is 10.1. The highest BCUT2D eigenvalue weighted by molar-refractivity contribution is 6.31. The number of aryl methyl sites for hydroxylation is 2. The van der Waals surface area contributed by atoms with Crippen LogP contribution in [0.2, 0.25) is 5.02 Å². The Morgan fingerprint density at radius 1 is 1.10 bits per heavy atom. The van der Waals surface area contributed by atoms with Crippen molar-refractivity contribution in [1.29, 1.82) is 5.26 Å². The van der Waals surface area contributed by atoms with E-state index in [1.54, 1.807) is 22.9 Å². The zero-order valence-electron chi connectivity index (χ0n) is 16.1. The first-order valence-electron chi connectivity index (χ1n) is 9.03. The Balaban J connectivity index is 1.82. The van der Waals surface area contributed by atoms with Crippen molar-refractivity contribution in [3.05, 3.63) is 93.8 Å². The van der Waals surface area contributed by atoms with Crippen molar-refractivity contribution in [2.45, 2.75) is 20.5 Å². The van der Waals surface area contributed by atoms with Crippen LogP contribution in [0, 0.1) is 25.2 Å². The smallest absolute Gasteiger partial charge is 0.280 e. The monoisotopic (exact) mass is 405 g/mol. The first-order chi connectivity index (χ1) is 14.0. The van der Waals surface area contributed by atoms with Gasteiger partial charge in [-0.3, -0.25) is 14.9 Å². The quantitative estimate of drug-likeness (QED) is 0.462. The summed E-state index contributed by atoms with van der Waals surface area (Å²) in [7, 11) is 0. The molecular formula is C23H20ClN3O2. The molecule has 0 atom stereocenters. The van der Waals surface area contributed by atoms with Crippen molar-refractivity contribution >= 4 is 23.6 Å². The molecule has 0 aliphatic rings. The summed E-state index contributed by atoms with van der Waals surface area (Å²) in [5.41, 5.74) is 5.95. The van der Waals surface area contributed by atoms with Crippen LogP contribution in [-0.2, 0) is 11.4 Å². The first kappa shape index (κ1) is 20.2. The molecule has 0 bridgehead atoms. The van der Waals surface area contributed by atoms with Gasteiger partial charge in [0.25, 0.3) is 5.91 Å². The van der Waals surface area contributed by atoms with Crippen LogP contribution in [0.25, 0.3) is 6.08 Å². The number of ether oxygens (including phenoxy) is 1. The minimum absolute atomic E-state index is 0.0220. The number of rotatable bonds is 6. The highest BCUT2D eigenvalue weighted by atomic mass is 35.5. The molecule has 0 spiro atoms. The number of halogens is 1. The molecule has 0 aliphatic carbocycles. The van der Waals surface area contributed by atoms with Gasteiger partial charge in [-0.15, -0.1) is 0 Å². The second-order valence-electron chi connectivity index (χ2n) is 6.48. The molecular weight excluding hydrogens is 386 g/mol. The van der Waals surface area contributed by atoms with E-state index in [0.29, 0.717) is 16.3 Å². The van der Waals surface area contributed by atoms with Gasteiger partial charge in [-0.1, -0.05) is 48.0 Å². The molecule has 0 unspecified atom stereocenters. The third-order valence-corrected chi connectivity index (χ3v) is 4.78. The Bertz CT molecular complexity index is 1090. The lowest BCUT2D eigenvalue weighted by atomic mass is 10.1. The molecule has 0 aliphatic heterocycles. The first-order valence-corrected chi connectivity index (χ1v) is 9.40. The molecule has 3 rings (SSSR count). The van der Waals surface area contributed by atoms with Gasteiger partial charge >= 0.3 is 0 Å². The van der Waals surface area contributed by atoms with Crippen molar-refractivity contribution in [2.24, 2.45) is 0 Å². The van der Waals surface area contributed by atoms with Gasteiger partial charge in [0.1, 0.15) is 24.0 Å². The van der Waals surface area contributed by atoms with E-state index in [1.165, 1.54) is 6.08 Å².